The standard InChI is InChI=1S/C17H18FN5O.C2HF3O2/c18-15-8-19-6-2-14(15)16(24)23-9-12-3-7-22(10-13(12)11-23)17-20-4-1-5-21-17;3-2(4,5)1(6)7/h1-2,4-6,8,12-13H,3,7,9-11H2;(H,6,7)/t12-,13+;/m0./s1. The highest BCUT2D eigenvalue weighted by Gasteiger charge is 2.40. The summed E-state index contributed by atoms with van der Waals surface area (Å²) in [5.41, 5.74) is 0.104. The minimum Gasteiger partial charge on any atom is -0.475 e. The van der Waals surface area contributed by atoms with Crippen LogP contribution in [0.5, 0.6) is 0 Å². The lowest BCUT2D eigenvalue weighted by Gasteiger charge is -2.34. The number of aliphatic carboxylic acids is 1. The molecule has 2 atom stereocenters. The molecule has 2 aromatic heterocycles. The van der Waals surface area contributed by atoms with Crippen LogP contribution in [-0.2, 0) is 4.79 Å². The fraction of sp³-hybridized carbons (Fsp3) is 0.421. The van der Waals surface area contributed by atoms with Crippen LogP contribution in [0.4, 0.5) is 23.5 Å². The first-order valence-corrected chi connectivity index (χ1v) is 9.37. The average Bonchev–Trinajstić information content (AvgIpc) is 3.17. The molecule has 0 aromatic carbocycles. The van der Waals surface area contributed by atoms with Crippen LogP contribution >= 0.6 is 0 Å². The van der Waals surface area contributed by atoms with E-state index >= 15 is 0 Å². The lowest BCUT2D eigenvalue weighted by atomic mass is 9.89. The smallest absolute Gasteiger partial charge is 0.475 e. The van der Waals surface area contributed by atoms with Crippen molar-refractivity contribution >= 4 is 17.8 Å². The fourth-order valence-corrected chi connectivity index (χ4v) is 3.69. The number of carboxylic acid groups (broad SMARTS) is 1. The Hall–Kier alpha value is -3.31. The fourth-order valence-electron chi connectivity index (χ4n) is 3.69. The highest BCUT2D eigenvalue weighted by atomic mass is 19.4. The number of anilines is 1. The Morgan fingerprint density at radius 3 is 2.32 bits per heavy atom. The van der Waals surface area contributed by atoms with Gasteiger partial charge in [-0.15, -0.1) is 0 Å². The van der Waals surface area contributed by atoms with Crippen LogP contribution in [0.1, 0.15) is 16.8 Å². The van der Waals surface area contributed by atoms with Gasteiger partial charge in [-0.2, -0.15) is 13.2 Å². The van der Waals surface area contributed by atoms with Crippen molar-refractivity contribution in [3.63, 3.8) is 0 Å². The number of piperidine rings is 1. The van der Waals surface area contributed by atoms with Gasteiger partial charge in [-0.1, -0.05) is 0 Å². The van der Waals surface area contributed by atoms with Crippen molar-refractivity contribution in [3.05, 3.63) is 48.3 Å². The molecule has 0 unspecified atom stereocenters. The van der Waals surface area contributed by atoms with Crippen LogP contribution in [0, 0.1) is 17.7 Å². The summed E-state index contributed by atoms with van der Waals surface area (Å²) in [5, 5.41) is 7.12. The number of pyridine rings is 1. The largest absolute Gasteiger partial charge is 0.490 e. The molecule has 4 heterocycles. The third-order valence-electron chi connectivity index (χ3n) is 5.17. The van der Waals surface area contributed by atoms with E-state index in [1.807, 2.05) is 0 Å². The van der Waals surface area contributed by atoms with E-state index in [0.29, 0.717) is 24.9 Å². The van der Waals surface area contributed by atoms with Crippen molar-refractivity contribution in [3.8, 4) is 0 Å². The van der Waals surface area contributed by atoms with E-state index in [2.05, 4.69) is 19.9 Å². The first-order valence-electron chi connectivity index (χ1n) is 9.37. The van der Waals surface area contributed by atoms with Crippen molar-refractivity contribution in [2.75, 3.05) is 31.1 Å². The van der Waals surface area contributed by atoms with Crippen molar-refractivity contribution < 1.29 is 32.3 Å². The molecule has 8 nitrogen and oxygen atoms in total. The maximum atomic E-state index is 13.8. The summed E-state index contributed by atoms with van der Waals surface area (Å²) >= 11 is 0. The molecule has 1 amide bonds. The molecular weight excluding hydrogens is 422 g/mol. The first kappa shape index (κ1) is 22.4. The van der Waals surface area contributed by atoms with E-state index in [4.69, 9.17) is 9.90 Å². The Bertz CT molecular complexity index is 928. The van der Waals surface area contributed by atoms with Gasteiger partial charge in [-0.05, 0) is 30.4 Å². The molecular formula is C19H19F4N5O3. The molecule has 2 saturated heterocycles. The van der Waals surface area contributed by atoms with Crippen LogP contribution < -0.4 is 4.90 Å². The van der Waals surface area contributed by atoms with Crippen LogP contribution in [-0.4, -0.2) is 69.2 Å². The number of amides is 1. The van der Waals surface area contributed by atoms with Gasteiger partial charge in [0, 0.05) is 44.8 Å². The van der Waals surface area contributed by atoms with Crippen molar-refractivity contribution in [2.24, 2.45) is 11.8 Å². The van der Waals surface area contributed by atoms with Gasteiger partial charge in [0.1, 0.15) is 0 Å². The molecule has 2 aliphatic rings. The zero-order valence-corrected chi connectivity index (χ0v) is 16.2. The Balaban J connectivity index is 0.000000339. The third kappa shape index (κ3) is 5.44. The number of alkyl halides is 3. The second-order valence-corrected chi connectivity index (χ2v) is 7.17. The van der Waals surface area contributed by atoms with Gasteiger partial charge in [-0.3, -0.25) is 9.78 Å². The summed E-state index contributed by atoms with van der Waals surface area (Å²) < 4.78 is 45.5. The maximum Gasteiger partial charge on any atom is 0.490 e. The number of halogens is 4. The Labute approximate surface area is 174 Å². The molecule has 0 bridgehead atoms. The van der Waals surface area contributed by atoms with Gasteiger partial charge in [0.05, 0.1) is 11.8 Å². The number of likely N-dealkylation sites (tertiary alicyclic amines) is 1. The van der Waals surface area contributed by atoms with Crippen molar-refractivity contribution in [2.45, 2.75) is 12.6 Å². The summed E-state index contributed by atoms with van der Waals surface area (Å²) in [7, 11) is 0. The van der Waals surface area contributed by atoms with Gasteiger partial charge in [-0.25, -0.2) is 19.2 Å². The maximum absolute atomic E-state index is 13.8. The first-order chi connectivity index (χ1) is 14.7. The van der Waals surface area contributed by atoms with E-state index in [-0.39, 0.29) is 11.5 Å². The number of rotatable bonds is 2. The molecule has 0 saturated carbocycles. The zero-order chi connectivity index (χ0) is 22.6. The second kappa shape index (κ2) is 9.23. The zero-order valence-electron chi connectivity index (χ0n) is 16.2. The van der Waals surface area contributed by atoms with E-state index in [1.54, 1.807) is 23.4 Å². The SMILES string of the molecule is O=C(O)C(F)(F)F.O=C(c1ccncc1F)N1C[C@@H]2CCN(c3ncccn3)C[C@@H]2C1. The van der Waals surface area contributed by atoms with Crippen LogP contribution in [0.15, 0.2) is 36.9 Å². The average molecular weight is 441 g/mol. The summed E-state index contributed by atoms with van der Waals surface area (Å²) in [6.45, 7) is 3.05. The predicted octanol–water partition coefficient (Wildman–Crippen LogP) is 2.24. The molecule has 1 N–H and O–H groups in total. The summed E-state index contributed by atoms with van der Waals surface area (Å²) in [4.78, 5) is 37.7. The van der Waals surface area contributed by atoms with Crippen molar-refractivity contribution in [1.29, 1.82) is 0 Å². The predicted molar refractivity (Wildman–Crippen MR) is 99.6 cm³/mol. The third-order valence-corrected chi connectivity index (χ3v) is 5.17. The number of carbonyl (C=O) groups is 2. The minimum absolute atomic E-state index is 0.104. The Morgan fingerprint density at radius 2 is 1.71 bits per heavy atom. The quantitative estimate of drug-likeness (QED) is 0.714. The number of nitrogens with zero attached hydrogens (tertiary/aromatic N) is 5. The summed E-state index contributed by atoms with van der Waals surface area (Å²) in [5.74, 6) is -1.99. The number of hydrogen-bond donors (Lipinski definition) is 1. The van der Waals surface area contributed by atoms with Gasteiger partial charge in [0.15, 0.2) is 5.82 Å². The monoisotopic (exact) mass is 441 g/mol. The number of aromatic nitrogens is 3. The lowest BCUT2D eigenvalue weighted by molar-refractivity contribution is -0.192. The minimum atomic E-state index is -5.08. The Kier molecular flexibility index (Phi) is 6.66. The van der Waals surface area contributed by atoms with E-state index in [1.165, 1.54) is 12.3 Å². The molecule has 0 spiro atoms. The number of carbonyl (C=O) groups excluding carboxylic acids is 1. The van der Waals surface area contributed by atoms with E-state index < -0.39 is 18.0 Å². The molecule has 4 rings (SSSR count). The summed E-state index contributed by atoms with van der Waals surface area (Å²) in [6.07, 6.45) is 1.93. The van der Waals surface area contributed by atoms with Gasteiger partial charge < -0.3 is 14.9 Å². The molecule has 2 aromatic rings. The molecule has 166 valence electrons. The molecule has 31 heavy (non-hydrogen) atoms. The number of carboxylic acids is 1. The Morgan fingerprint density at radius 1 is 1.06 bits per heavy atom. The highest BCUT2D eigenvalue weighted by molar-refractivity contribution is 5.94. The van der Waals surface area contributed by atoms with Gasteiger partial charge in [0.25, 0.3) is 5.91 Å². The van der Waals surface area contributed by atoms with Crippen LogP contribution in [0.2, 0.25) is 0 Å². The molecule has 12 heteroatoms. The van der Waals surface area contributed by atoms with Crippen LogP contribution in [0.3, 0.4) is 0 Å². The topological polar surface area (TPSA) is 99.5 Å². The van der Waals surface area contributed by atoms with E-state index in [0.717, 1.165) is 31.7 Å². The second-order valence-electron chi connectivity index (χ2n) is 7.17. The molecule has 0 radical (unpaired) electrons. The van der Waals surface area contributed by atoms with E-state index in [9.17, 15) is 22.4 Å². The highest BCUT2D eigenvalue weighted by Crippen LogP contribution is 2.33. The summed E-state index contributed by atoms with van der Waals surface area (Å²) in [6, 6.07) is 3.25. The van der Waals surface area contributed by atoms with Gasteiger partial charge in [0.2, 0.25) is 5.95 Å². The van der Waals surface area contributed by atoms with Gasteiger partial charge >= 0.3 is 12.1 Å². The number of fused-ring (bicyclic) bond motifs is 1. The molecule has 2 fully saturated rings. The normalized spacial score (nSPS) is 20.5. The van der Waals surface area contributed by atoms with Crippen LogP contribution in [0.25, 0.3) is 0 Å². The van der Waals surface area contributed by atoms with Crippen molar-refractivity contribution in [1.82, 2.24) is 19.9 Å². The number of hydrogen-bond acceptors (Lipinski definition) is 6. The lowest BCUT2D eigenvalue weighted by Crippen LogP contribution is -2.40. The molecule has 0 aliphatic carbocycles. The molecule has 2 aliphatic heterocycles.